The van der Waals surface area contributed by atoms with Gasteiger partial charge in [0.05, 0.1) is 21.2 Å². The van der Waals surface area contributed by atoms with Crippen LogP contribution in [0.3, 0.4) is 0 Å². The minimum absolute atomic E-state index is 0.0248. The third kappa shape index (κ3) is 10.7. The molecule has 14 heteroatoms. The summed E-state index contributed by atoms with van der Waals surface area (Å²) in [5.41, 5.74) is 1.97. The molecule has 2 heterocycles. The van der Waals surface area contributed by atoms with Crippen LogP contribution in [0.2, 0.25) is 0 Å². The number of hydrogen-bond donors (Lipinski definition) is 0. The number of rotatable bonds is 11. The Morgan fingerprint density at radius 3 is 1.00 bits per heavy atom. The van der Waals surface area contributed by atoms with Crippen molar-refractivity contribution < 1.29 is 19.4 Å². The topological polar surface area (TPSA) is 170 Å². The summed E-state index contributed by atoms with van der Waals surface area (Å²) < 4.78 is 0. The number of nitro benzene ring substituents is 2. The van der Waals surface area contributed by atoms with Crippen molar-refractivity contribution in [1.29, 1.82) is 0 Å². The van der Waals surface area contributed by atoms with Gasteiger partial charge in [0.1, 0.15) is 12.1 Å². The van der Waals surface area contributed by atoms with Crippen LogP contribution in [0.4, 0.5) is 22.7 Å². The van der Waals surface area contributed by atoms with Crippen molar-refractivity contribution in [3.8, 4) is 9.75 Å². The number of thiophene rings is 2. The van der Waals surface area contributed by atoms with Crippen LogP contribution < -0.4 is 0 Å². The molecule has 4 aromatic rings. The molecule has 12 nitrogen and oxygen atoms in total. The lowest BCUT2D eigenvalue weighted by Crippen LogP contribution is -2.30. The maximum absolute atomic E-state index is 14.0. The van der Waals surface area contributed by atoms with Gasteiger partial charge in [-0.25, -0.2) is 0 Å². The Balaban J connectivity index is 1.45. The Morgan fingerprint density at radius 1 is 0.469 bits per heavy atom. The van der Waals surface area contributed by atoms with E-state index in [2.05, 4.69) is 22.4 Å². The minimum atomic E-state index is -0.527. The maximum atomic E-state index is 14.0. The highest BCUT2D eigenvalue weighted by Crippen LogP contribution is 2.49. The number of nitro groups is 2. The zero-order valence-corrected chi connectivity index (χ0v) is 40.1. The monoisotopic (exact) mass is 900 g/mol. The molecule has 64 heavy (non-hydrogen) atoms. The second-order valence-electron chi connectivity index (χ2n) is 20.4. The number of carbonyl (C=O) groups excluding carboxylic acids is 2. The van der Waals surface area contributed by atoms with Gasteiger partial charge in [-0.15, -0.1) is 22.7 Å². The van der Waals surface area contributed by atoms with E-state index in [0.29, 0.717) is 33.7 Å². The summed E-state index contributed by atoms with van der Waals surface area (Å²) in [6, 6.07) is 19.0. The van der Waals surface area contributed by atoms with Crippen LogP contribution in [0.1, 0.15) is 105 Å². The molecule has 0 saturated heterocycles. The van der Waals surface area contributed by atoms with Crippen LogP contribution in [0.25, 0.3) is 9.75 Å². The Bertz CT molecular complexity index is 2400. The van der Waals surface area contributed by atoms with Crippen molar-refractivity contribution in [2.45, 2.75) is 95.2 Å². The van der Waals surface area contributed by atoms with E-state index in [1.165, 1.54) is 24.3 Å². The molecule has 0 radical (unpaired) electrons. The first-order chi connectivity index (χ1) is 29.7. The largest absolute Gasteiger partial charge is 0.289 e. The molecular weight excluding hydrogens is 845 g/mol. The van der Waals surface area contributed by atoms with Gasteiger partial charge in [-0.1, -0.05) is 107 Å². The average molecular weight is 901 g/mol. The highest BCUT2D eigenvalue weighted by Gasteiger charge is 2.40. The normalized spacial score (nSPS) is 17.1. The van der Waals surface area contributed by atoms with E-state index >= 15 is 0 Å². The number of Topliss-reactive ketones (excluding diaryl/α,β-unsaturated/α-hetero) is 2. The molecule has 2 aliphatic rings. The van der Waals surface area contributed by atoms with Gasteiger partial charge in [0, 0.05) is 77.9 Å². The summed E-state index contributed by atoms with van der Waals surface area (Å²) in [7, 11) is 0. The SMILES string of the molecule is CC(C)(C)C1=CC(C(/N=N/c2ccc([N+](=O)[O-])cc2)c2ccc(-c3ccc(C(/N=N/c4ccc([N+](=O)[O-])cc4)C4C=C(C(C)(C)C)C(=O)C(C(C)(C)C)=C4)s3)s2)C=C(C(C)(C)C)C1=O. The smallest absolute Gasteiger partial charge is 0.269 e. The predicted molar refractivity (Wildman–Crippen MR) is 255 cm³/mol. The van der Waals surface area contributed by atoms with Crippen molar-refractivity contribution in [2.75, 3.05) is 0 Å². The van der Waals surface area contributed by atoms with Crippen LogP contribution in [0.15, 0.2) is 140 Å². The van der Waals surface area contributed by atoms with Gasteiger partial charge in [-0.05, 0) is 70.2 Å². The van der Waals surface area contributed by atoms with Crippen molar-refractivity contribution >= 4 is 57.0 Å². The van der Waals surface area contributed by atoms with Crippen LogP contribution in [-0.2, 0) is 9.59 Å². The van der Waals surface area contributed by atoms with Gasteiger partial charge >= 0.3 is 0 Å². The van der Waals surface area contributed by atoms with Crippen molar-refractivity contribution in [3.63, 3.8) is 0 Å². The Labute approximate surface area is 383 Å². The number of hydrogen-bond acceptors (Lipinski definition) is 12. The molecule has 2 aromatic carbocycles. The fourth-order valence-electron chi connectivity index (χ4n) is 7.66. The van der Waals surface area contributed by atoms with Crippen molar-refractivity contribution in [1.82, 2.24) is 0 Å². The first kappa shape index (κ1) is 47.6. The van der Waals surface area contributed by atoms with Crippen LogP contribution in [-0.4, -0.2) is 21.4 Å². The quantitative estimate of drug-likeness (QED) is 0.0824. The molecule has 0 aliphatic heterocycles. The Morgan fingerprint density at radius 2 is 0.750 bits per heavy atom. The van der Waals surface area contributed by atoms with E-state index < -0.39 is 43.6 Å². The molecule has 2 atom stereocenters. The lowest BCUT2D eigenvalue weighted by atomic mass is 9.70. The fraction of sp³-hybridized carbons (Fsp3) is 0.400. The second-order valence-corrected chi connectivity index (χ2v) is 22.6. The number of ketones is 2. The molecule has 334 valence electrons. The zero-order valence-electron chi connectivity index (χ0n) is 38.5. The number of azo groups is 2. The summed E-state index contributed by atoms with van der Waals surface area (Å²) in [6.45, 7) is 24.4. The molecule has 0 amide bonds. The summed E-state index contributed by atoms with van der Waals surface area (Å²) in [5, 5.41) is 41.7. The average Bonchev–Trinajstić information content (AvgIpc) is 3.88. The van der Waals surface area contributed by atoms with Gasteiger partial charge < -0.3 is 0 Å². The third-order valence-corrected chi connectivity index (χ3v) is 13.7. The molecule has 0 bridgehead atoms. The molecule has 0 N–H and O–H groups in total. The lowest BCUT2D eigenvalue weighted by molar-refractivity contribution is -0.385. The summed E-state index contributed by atoms with van der Waals surface area (Å²) in [4.78, 5) is 53.5. The van der Waals surface area contributed by atoms with E-state index in [4.69, 9.17) is 10.2 Å². The molecule has 0 spiro atoms. The second kappa shape index (κ2) is 18.0. The highest BCUT2D eigenvalue weighted by atomic mass is 32.1. The number of nitrogens with zero attached hydrogens (tertiary/aromatic N) is 6. The van der Waals surface area contributed by atoms with Gasteiger partial charge in [0.25, 0.3) is 11.4 Å². The molecule has 0 saturated carbocycles. The van der Waals surface area contributed by atoms with Crippen LogP contribution in [0.5, 0.6) is 0 Å². The molecule has 6 rings (SSSR count). The van der Waals surface area contributed by atoms with Crippen molar-refractivity contribution in [2.24, 2.45) is 54.0 Å². The first-order valence-electron chi connectivity index (χ1n) is 21.2. The highest BCUT2D eigenvalue weighted by molar-refractivity contribution is 7.22. The van der Waals surface area contributed by atoms with Crippen molar-refractivity contribution in [3.05, 3.63) is 149 Å². The van der Waals surface area contributed by atoms with Gasteiger partial charge in [0.15, 0.2) is 11.6 Å². The number of benzene rings is 2. The molecule has 0 fully saturated rings. The summed E-state index contributed by atoms with van der Waals surface area (Å²) in [6.07, 6.45) is 8.09. The fourth-order valence-corrected chi connectivity index (χ4v) is 9.95. The zero-order chi connectivity index (χ0) is 47.1. The van der Waals surface area contributed by atoms with E-state index in [-0.39, 0.29) is 34.8 Å². The standard InChI is InChI=1S/C50H56N6O6S2/c1-47(2,3)35-25-29(26-36(45(35)57)48(4,5)6)43(53-51-31-13-17-33(18-14-31)55(59)60)41-23-21-39(63-41)40-22-24-42(64-40)44(54-52-32-15-19-34(20-16-32)56(61)62)30-27-37(49(7,8)9)46(58)38(28-30)50(10,11)12/h13-30,43-44H,1-12H3/b53-51+,54-52+. The van der Waals surface area contributed by atoms with Crippen LogP contribution >= 0.6 is 22.7 Å². The molecule has 2 unspecified atom stereocenters. The van der Waals surface area contributed by atoms with E-state index in [1.807, 2.05) is 120 Å². The van der Waals surface area contributed by atoms with Gasteiger partial charge in [0.2, 0.25) is 0 Å². The first-order valence-corrected chi connectivity index (χ1v) is 22.8. The van der Waals surface area contributed by atoms with E-state index in [9.17, 15) is 29.8 Å². The number of non-ortho nitro benzene ring substituents is 2. The minimum Gasteiger partial charge on any atom is -0.289 e. The maximum Gasteiger partial charge on any atom is 0.269 e. The Hall–Kier alpha value is -5.86. The molecule has 2 aromatic heterocycles. The Kier molecular flexibility index (Phi) is 13.4. The summed E-state index contributed by atoms with van der Waals surface area (Å²) in [5.74, 6) is -0.591. The van der Waals surface area contributed by atoms with Gasteiger partial charge in [-0.2, -0.15) is 20.5 Å². The number of allylic oxidation sites excluding steroid dienone is 4. The number of carbonyl (C=O) groups is 2. The predicted octanol–water partition coefficient (Wildman–Crippen LogP) is 15.2. The molecule has 2 aliphatic carbocycles. The van der Waals surface area contributed by atoms with Gasteiger partial charge in [-0.3, -0.25) is 29.8 Å². The summed E-state index contributed by atoms with van der Waals surface area (Å²) >= 11 is 3.15. The third-order valence-electron chi connectivity index (χ3n) is 11.2. The van der Waals surface area contributed by atoms with Crippen LogP contribution in [0, 0.1) is 53.7 Å². The van der Waals surface area contributed by atoms with E-state index in [0.717, 1.165) is 19.5 Å². The molecular formula is C50H56N6O6S2. The van der Waals surface area contributed by atoms with E-state index in [1.54, 1.807) is 46.9 Å². The lowest BCUT2D eigenvalue weighted by Gasteiger charge is -2.34.